The molecule has 0 aromatic heterocycles. The Kier molecular flexibility index (Phi) is 5.74. The number of hydrogen-bond donors (Lipinski definition) is 3. The largest absolute Gasteiger partial charge is 0.445 e. The Morgan fingerprint density at radius 3 is 2.35 bits per heavy atom. The number of rotatable bonds is 5. The summed E-state index contributed by atoms with van der Waals surface area (Å²) in [4.78, 5) is 36.0. The maximum atomic E-state index is 12.0. The van der Waals surface area contributed by atoms with E-state index in [9.17, 15) is 14.4 Å². The number of carbonyl (C=O) groups excluding carboxylic acids is 3. The Balaban J connectivity index is 1.94. The molecule has 0 aliphatic heterocycles. The molecule has 4 N–H and O–H groups in total. The van der Waals surface area contributed by atoms with Gasteiger partial charge in [0.1, 0.15) is 17.7 Å². The first-order chi connectivity index (χ1) is 12.1. The van der Waals surface area contributed by atoms with Crippen LogP contribution in [0.25, 0.3) is 0 Å². The van der Waals surface area contributed by atoms with Crippen LogP contribution in [0.15, 0.2) is 30.3 Å². The monoisotopic (exact) mass is 363 g/mol. The van der Waals surface area contributed by atoms with Gasteiger partial charge in [-0.25, -0.2) is 9.59 Å². The Morgan fingerprint density at radius 2 is 1.85 bits per heavy atom. The molecule has 1 aromatic carbocycles. The summed E-state index contributed by atoms with van der Waals surface area (Å²) >= 11 is 0. The predicted molar refractivity (Wildman–Crippen MR) is 94.1 cm³/mol. The molecule has 3 amide bonds. The van der Waals surface area contributed by atoms with E-state index in [0.29, 0.717) is 12.8 Å². The number of alkyl carbamates (subject to hydrolysis) is 2. The molecular weight excluding hydrogens is 338 g/mol. The lowest BCUT2D eigenvalue weighted by molar-refractivity contribution is -0.129. The highest BCUT2D eigenvalue weighted by atomic mass is 16.6. The minimum Gasteiger partial charge on any atom is -0.445 e. The summed E-state index contributed by atoms with van der Waals surface area (Å²) in [6.45, 7) is 5.23. The number of carbonyl (C=O) groups is 3. The van der Waals surface area contributed by atoms with Crippen molar-refractivity contribution in [1.29, 1.82) is 0 Å². The van der Waals surface area contributed by atoms with Gasteiger partial charge in [0.15, 0.2) is 0 Å². The van der Waals surface area contributed by atoms with Gasteiger partial charge in [0.05, 0.1) is 6.04 Å². The molecule has 142 valence electrons. The summed E-state index contributed by atoms with van der Waals surface area (Å²) in [7, 11) is 0. The molecule has 1 saturated carbocycles. The third-order valence-electron chi connectivity index (χ3n) is 4.09. The number of nitrogens with two attached hydrogens (primary N) is 1. The molecule has 2 rings (SSSR count). The fourth-order valence-corrected chi connectivity index (χ4v) is 2.67. The van der Waals surface area contributed by atoms with Crippen molar-refractivity contribution in [3.63, 3.8) is 0 Å². The van der Waals surface area contributed by atoms with Crippen molar-refractivity contribution in [2.75, 3.05) is 0 Å². The smallest absolute Gasteiger partial charge is 0.408 e. The first-order valence-corrected chi connectivity index (χ1v) is 8.41. The summed E-state index contributed by atoms with van der Waals surface area (Å²) in [5.74, 6) is -0.733. The highest BCUT2D eigenvalue weighted by molar-refractivity contribution is 5.91. The molecule has 26 heavy (non-hydrogen) atoms. The average molecular weight is 363 g/mol. The van der Waals surface area contributed by atoms with Crippen molar-refractivity contribution in [1.82, 2.24) is 10.6 Å². The van der Waals surface area contributed by atoms with E-state index in [0.717, 1.165) is 5.56 Å². The van der Waals surface area contributed by atoms with E-state index in [-0.39, 0.29) is 6.61 Å². The maximum Gasteiger partial charge on any atom is 0.408 e. The zero-order valence-electron chi connectivity index (χ0n) is 15.2. The van der Waals surface area contributed by atoms with Gasteiger partial charge in [-0.3, -0.25) is 4.79 Å². The second-order valence-corrected chi connectivity index (χ2v) is 7.26. The molecule has 1 aromatic rings. The highest BCUT2D eigenvalue weighted by Crippen LogP contribution is 2.33. The lowest BCUT2D eigenvalue weighted by atomic mass is 9.71. The van der Waals surface area contributed by atoms with Gasteiger partial charge in [0.25, 0.3) is 0 Å². The zero-order valence-corrected chi connectivity index (χ0v) is 15.2. The van der Waals surface area contributed by atoms with Gasteiger partial charge < -0.3 is 25.8 Å². The van der Waals surface area contributed by atoms with Crippen LogP contribution < -0.4 is 16.4 Å². The molecule has 0 unspecified atom stereocenters. The third kappa shape index (κ3) is 4.87. The molecule has 0 bridgehead atoms. The molecule has 0 spiro atoms. The van der Waals surface area contributed by atoms with Crippen molar-refractivity contribution in [2.24, 2.45) is 5.73 Å². The van der Waals surface area contributed by atoms with Crippen molar-refractivity contribution in [3.8, 4) is 0 Å². The number of hydrogen-bond acceptors (Lipinski definition) is 5. The van der Waals surface area contributed by atoms with Gasteiger partial charge in [0.2, 0.25) is 5.91 Å². The first-order valence-electron chi connectivity index (χ1n) is 8.41. The van der Waals surface area contributed by atoms with E-state index in [1.165, 1.54) is 0 Å². The van der Waals surface area contributed by atoms with E-state index in [2.05, 4.69) is 10.6 Å². The lowest BCUT2D eigenvalue weighted by Gasteiger charge is -2.47. The van der Waals surface area contributed by atoms with Crippen LogP contribution in [-0.2, 0) is 20.9 Å². The Labute approximate surface area is 152 Å². The molecule has 0 saturated heterocycles. The SMILES string of the molecule is CC(C)(C)OC(=O)N[C@@]1(C(N)=O)CC[C@@H]1NC(=O)OCc1ccccc1. The molecular formula is C18H25N3O5. The molecule has 1 aliphatic carbocycles. The normalized spacial score (nSPS) is 21.9. The number of primary amides is 1. The third-order valence-corrected chi connectivity index (χ3v) is 4.09. The van der Waals surface area contributed by atoms with Gasteiger partial charge >= 0.3 is 12.2 Å². The quantitative estimate of drug-likeness (QED) is 0.737. The average Bonchev–Trinajstić information content (AvgIpc) is 2.53. The Morgan fingerprint density at radius 1 is 1.19 bits per heavy atom. The molecule has 8 heteroatoms. The first kappa shape index (κ1) is 19.6. The summed E-state index contributed by atoms with van der Waals surface area (Å²) in [6.07, 6.45) is -0.652. The minimum absolute atomic E-state index is 0.0997. The predicted octanol–water partition coefficient (Wildman–Crippen LogP) is 1.82. The molecule has 0 heterocycles. The van der Waals surface area contributed by atoms with E-state index < -0.39 is 35.3 Å². The van der Waals surface area contributed by atoms with Gasteiger partial charge in [0, 0.05) is 0 Å². The Hall–Kier alpha value is -2.77. The Bertz CT molecular complexity index is 671. The summed E-state index contributed by atoms with van der Waals surface area (Å²) in [6, 6.07) is 8.54. The standard InChI is InChI=1S/C18H25N3O5/c1-17(2,3)26-16(24)21-18(14(19)22)10-9-13(18)20-15(23)25-11-12-7-5-4-6-8-12/h4-8,13H,9-11H2,1-3H3,(H2,19,22)(H,20,23)(H,21,24)/t13-,18-/m0/s1. The van der Waals surface area contributed by atoms with Crippen LogP contribution in [0.5, 0.6) is 0 Å². The fraction of sp³-hybridized carbons (Fsp3) is 0.500. The summed E-state index contributed by atoms with van der Waals surface area (Å²) in [5, 5.41) is 5.10. The molecule has 2 atom stereocenters. The van der Waals surface area contributed by atoms with Crippen LogP contribution >= 0.6 is 0 Å². The van der Waals surface area contributed by atoms with Crippen molar-refractivity contribution < 1.29 is 23.9 Å². The maximum absolute atomic E-state index is 12.0. The second kappa shape index (κ2) is 7.63. The number of ether oxygens (including phenoxy) is 2. The molecule has 1 fully saturated rings. The molecule has 8 nitrogen and oxygen atoms in total. The highest BCUT2D eigenvalue weighted by Gasteiger charge is 2.54. The van der Waals surface area contributed by atoms with E-state index in [1.54, 1.807) is 20.8 Å². The van der Waals surface area contributed by atoms with Crippen LogP contribution in [0.4, 0.5) is 9.59 Å². The number of benzene rings is 1. The summed E-state index contributed by atoms with van der Waals surface area (Å²) in [5.41, 5.74) is 4.21. The zero-order chi connectivity index (χ0) is 19.4. The van der Waals surface area contributed by atoms with Crippen LogP contribution in [0.2, 0.25) is 0 Å². The van der Waals surface area contributed by atoms with Gasteiger partial charge in [-0.1, -0.05) is 30.3 Å². The van der Waals surface area contributed by atoms with Gasteiger partial charge in [-0.05, 0) is 39.2 Å². The van der Waals surface area contributed by atoms with Crippen molar-refractivity contribution >= 4 is 18.1 Å². The van der Waals surface area contributed by atoms with Crippen LogP contribution in [0, 0.1) is 0 Å². The fourth-order valence-electron chi connectivity index (χ4n) is 2.67. The lowest BCUT2D eigenvalue weighted by Crippen LogP contribution is -2.74. The van der Waals surface area contributed by atoms with Gasteiger partial charge in [-0.15, -0.1) is 0 Å². The van der Waals surface area contributed by atoms with Crippen molar-refractivity contribution in [2.45, 2.75) is 57.4 Å². The number of nitrogens with one attached hydrogen (secondary N) is 2. The van der Waals surface area contributed by atoms with E-state index >= 15 is 0 Å². The summed E-state index contributed by atoms with van der Waals surface area (Å²) < 4.78 is 10.3. The second-order valence-electron chi connectivity index (χ2n) is 7.26. The van der Waals surface area contributed by atoms with Crippen LogP contribution in [-0.4, -0.2) is 35.3 Å². The van der Waals surface area contributed by atoms with Gasteiger partial charge in [-0.2, -0.15) is 0 Å². The molecule has 1 aliphatic rings. The van der Waals surface area contributed by atoms with E-state index in [4.69, 9.17) is 15.2 Å². The van der Waals surface area contributed by atoms with Crippen LogP contribution in [0.1, 0.15) is 39.2 Å². The minimum atomic E-state index is -1.38. The van der Waals surface area contributed by atoms with E-state index in [1.807, 2.05) is 30.3 Å². The number of amides is 3. The topological polar surface area (TPSA) is 120 Å². The van der Waals surface area contributed by atoms with Crippen molar-refractivity contribution in [3.05, 3.63) is 35.9 Å². The molecule has 0 radical (unpaired) electrons. The van der Waals surface area contributed by atoms with Crippen LogP contribution in [0.3, 0.4) is 0 Å².